The van der Waals surface area contributed by atoms with Crippen LogP contribution in [0.3, 0.4) is 0 Å². The smallest absolute Gasteiger partial charge is 0.224 e. The van der Waals surface area contributed by atoms with E-state index in [0.29, 0.717) is 12.8 Å². The highest BCUT2D eigenvalue weighted by Gasteiger charge is 2.09. The fraction of sp³-hybridized carbons (Fsp3) is 0.364. The van der Waals surface area contributed by atoms with Crippen LogP contribution in [0, 0.1) is 15.2 Å². The van der Waals surface area contributed by atoms with E-state index >= 15 is 0 Å². The van der Waals surface area contributed by atoms with Crippen LogP contribution in [0.5, 0.6) is 0 Å². The van der Waals surface area contributed by atoms with Gasteiger partial charge in [0.25, 0.3) is 0 Å². The van der Waals surface area contributed by atoms with Crippen LogP contribution in [-0.2, 0) is 4.79 Å². The first kappa shape index (κ1) is 17.5. The Hall–Kier alpha value is -0.470. The van der Waals surface area contributed by atoms with Gasteiger partial charge in [-0.1, -0.05) is 0 Å². The van der Waals surface area contributed by atoms with Crippen molar-refractivity contribution < 1.29 is 13.6 Å². The molecule has 0 aliphatic rings. The quantitative estimate of drug-likeness (QED) is 0.461. The fourth-order valence-electron chi connectivity index (χ4n) is 1.28. The van der Waals surface area contributed by atoms with Crippen LogP contribution in [0.25, 0.3) is 0 Å². The fourth-order valence-corrected chi connectivity index (χ4v) is 1.59. The number of hydrogen-bond donors (Lipinski definition) is 2. The molecule has 1 aromatic rings. The van der Waals surface area contributed by atoms with E-state index in [1.807, 2.05) is 0 Å². The van der Waals surface area contributed by atoms with Crippen LogP contribution in [0.1, 0.15) is 12.8 Å². The molecule has 1 aromatic carbocycles. The lowest BCUT2D eigenvalue weighted by atomic mass is 10.2. The number of anilines is 1. The maximum atomic E-state index is 13.2. The van der Waals surface area contributed by atoms with Gasteiger partial charge < -0.3 is 10.6 Å². The van der Waals surface area contributed by atoms with E-state index in [2.05, 4.69) is 10.6 Å². The summed E-state index contributed by atoms with van der Waals surface area (Å²) in [5.41, 5.74) is 0.148. The second kappa shape index (κ2) is 8.60. The van der Waals surface area contributed by atoms with E-state index in [4.69, 9.17) is 0 Å². The van der Waals surface area contributed by atoms with Crippen molar-refractivity contribution in [3.05, 3.63) is 27.3 Å². The first-order chi connectivity index (χ1) is 8.04. The van der Waals surface area contributed by atoms with Crippen molar-refractivity contribution in [1.82, 2.24) is 5.32 Å². The molecule has 1 rings (SSSR count). The maximum Gasteiger partial charge on any atom is 0.224 e. The lowest BCUT2D eigenvalue weighted by molar-refractivity contribution is -0.116. The second-order valence-corrected chi connectivity index (χ2v) is 4.59. The third kappa shape index (κ3) is 5.45. The third-order valence-electron chi connectivity index (χ3n) is 2.10. The molecule has 0 unspecified atom stereocenters. The first-order valence-corrected chi connectivity index (χ1v) is 6.21. The molecule has 0 fully saturated rings. The maximum absolute atomic E-state index is 13.2. The van der Waals surface area contributed by atoms with Gasteiger partial charge in [-0.15, -0.1) is 12.4 Å². The average molecular weight is 391 g/mol. The Morgan fingerprint density at radius 2 is 1.89 bits per heavy atom. The van der Waals surface area contributed by atoms with Crippen molar-refractivity contribution in [2.24, 2.45) is 0 Å². The van der Waals surface area contributed by atoms with Gasteiger partial charge in [0.1, 0.15) is 11.6 Å². The van der Waals surface area contributed by atoms with Crippen LogP contribution in [0.4, 0.5) is 14.5 Å². The molecular weight excluding hydrogens is 376 g/mol. The molecule has 0 bridgehead atoms. The molecule has 18 heavy (non-hydrogen) atoms. The molecule has 0 spiro atoms. The minimum Gasteiger partial charge on any atom is -0.326 e. The zero-order valence-corrected chi connectivity index (χ0v) is 12.7. The topological polar surface area (TPSA) is 41.1 Å². The van der Waals surface area contributed by atoms with E-state index in [1.54, 1.807) is 29.6 Å². The molecule has 1 amide bonds. The summed E-state index contributed by atoms with van der Waals surface area (Å²) in [4.78, 5) is 11.4. The summed E-state index contributed by atoms with van der Waals surface area (Å²) < 4.78 is 26.3. The molecule has 0 radical (unpaired) electrons. The van der Waals surface area contributed by atoms with Crippen LogP contribution >= 0.6 is 35.0 Å². The van der Waals surface area contributed by atoms with Crippen molar-refractivity contribution in [2.45, 2.75) is 12.8 Å². The first-order valence-electron chi connectivity index (χ1n) is 5.13. The molecule has 0 saturated carbocycles. The molecule has 2 N–H and O–H groups in total. The van der Waals surface area contributed by atoms with Gasteiger partial charge in [-0.05, 0) is 54.7 Å². The van der Waals surface area contributed by atoms with Crippen LogP contribution in [-0.4, -0.2) is 19.5 Å². The second-order valence-electron chi connectivity index (χ2n) is 3.51. The van der Waals surface area contributed by atoms with Gasteiger partial charge in [0, 0.05) is 12.1 Å². The minimum absolute atomic E-state index is 0. The minimum atomic E-state index is -0.670. The molecule has 0 aliphatic carbocycles. The Morgan fingerprint density at radius 1 is 1.33 bits per heavy atom. The van der Waals surface area contributed by atoms with Crippen LogP contribution in [0.2, 0.25) is 0 Å². The van der Waals surface area contributed by atoms with Gasteiger partial charge in [0.05, 0.1) is 3.57 Å². The Morgan fingerprint density at radius 3 is 2.39 bits per heavy atom. The van der Waals surface area contributed by atoms with E-state index in [0.717, 1.165) is 18.7 Å². The van der Waals surface area contributed by atoms with Gasteiger partial charge in [-0.2, -0.15) is 0 Å². The Balaban J connectivity index is 0.00000289. The van der Waals surface area contributed by atoms with E-state index in [-0.39, 0.29) is 27.6 Å². The van der Waals surface area contributed by atoms with Crippen molar-refractivity contribution in [1.29, 1.82) is 0 Å². The Kier molecular flexibility index (Phi) is 8.38. The summed E-state index contributed by atoms with van der Waals surface area (Å²) in [5, 5.41) is 5.37. The zero-order valence-electron chi connectivity index (χ0n) is 9.73. The molecule has 0 atom stereocenters. The van der Waals surface area contributed by atoms with Crippen molar-refractivity contribution >= 4 is 46.6 Å². The van der Waals surface area contributed by atoms with Gasteiger partial charge >= 0.3 is 0 Å². The van der Waals surface area contributed by atoms with Crippen LogP contribution in [0.15, 0.2) is 12.1 Å². The lowest BCUT2D eigenvalue weighted by Crippen LogP contribution is -2.15. The SMILES string of the molecule is CNCCCC(=O)Nc1cc(F)c(I)c(F)c1.Cl. The third-order valence-corrected chi connectivity index (χ3v) is 3.13. The largest absolute Gasteiger partial charge is 0.326 e. The van der Waals surface area contributed by atoms with Crippen molar-refractivity contribution in [3.63, 3.8) is 0 Å². The Bertz CT molecular complexity index is 395. The molecule has 7 heteroatoms. The average Bonchev–Trinajstić information content (AvgIpc) is 2.26. The Labute approximate surface area is 124 Å². The number of amides is 1. The molecular formula is C11H14ClF2IN2O. The normalized spacial score (nSPS) is 9.78. The predicted molar refractivity (Wildman–Crippen MR) is 78.1 cm³/mol. The highest BCUT2D eigenvalue weighted by atomic mass is 127. The van der Waals surface area contributed by atoms with Gasteiger partial charge in [0.2, 0.25) is 5.91 Å². The highest BCUT2D eigenvalue weighted by molar-refractivity contribution is 14.1. The monoisotopic (exact) mass is 390 g/mol. The van der Waals surface area contributed by atoms with E-state index < -0.39 is 11.6 Å². The summed E-state index contributed by atoms with van der Waals surface area (Å²) >= 11 is 1.58. The molecule has 0 aromatic heterocycles. The number of hydrogen-bond acceptors (Lipinski definition) is 2. The molecule has 0 heterocycles. The molecule has 3 nitrogen and oxygen atoms in total. The number of halogens is 4. The predicted octanol–water partition coefficient (Wildman–Crippen LogP) is 2.93. The van der Waals surface area contributed by atoms with E-state index in [9.17, 15) is 13.6 Å². The van der Waals surface area contributed by atoms with Crippen LogP contribution < -0.4 is 10.6 Å². The summed E-state index contributed by atoms with van der Waals surface area (Å²) in [7, 11) is 1.79. The van der Waals surface area contributed by atoms with Crippen molar-refractivity contribution in [3.8, 4) is 0 Å². The van der Waals surface area contributed by atoms with E-state index in [1.165, 1.54) is 0 Å². The highest BCUT2D eigenvalue weighted by Crippen LogP contribution is 2.20. The summed E-state index contributed by atoms with van der Waals surface area (Å²) in [6, 6.07) is 2.22. The number of carbonyl (C=O) groups is 1. The lowest BCUT2D eigenvalue weighted by Gasteiger charge is -2.06. The summed E-state index contributed by atoms with van der Waals surface area (Å²) in [6.45, 7) is 0.725. The molecule has 0 saturated heterocycles. The number of benzene rings is 1. The zero-order chi connectivity index (χ0) is 12.8. The molecule has 0 aliphatic heterocycles. The number of rotatable bonds is 5. The van der Waals surface area contributed by atoms with Crippen molar-refractivity contribution in [2.75, 3.05) is 18.9 Å². The number of carbonyl (C=O) groups excluding carboxylic acids is 1. The summed E-state index contributed by atoms with van der Waals surface area (Å²) in [5.74, 6) is -1.59. The standard InChI is InChI=1S/C11H13F2IN2O.ClH/c1-15-4-2-3-10(17)16-7-5-8(12)11(14)9(13)6-7;/h5-6,15H,2-4H2,1H3,(H,16,17);1H. The number of nitrogens with one attached hydrogen (secondary N) is 2. The molecule has 102 valence electrons. The van der Waals surface area contributed by atoms with Gasteiger partial charge in [0.15, 0.2) is 0 Å². The summed E-state index contributed by atoms with van der Waals surface area (Å²) in [6.07, 6.45) is 0.994. The van der Waals surface area contributed by atoms with Gasteiger partial charge in [-0.3, -0.25) is 4.79 Å². The van der Waals surface area contributed by atoms with Gasteiger partial charge in [-0.25, -0.2) is 8.78 Å².